The minimum absolute atomic E-state index is 0.296. The van der Waals surface area contributed by atoms with Crippen LogP contribution in [0.2, 0.25) is 0 Å². The van der Waals surface area contributed by atoms with Crippen LogP contribution in [0.25, 0.3) is 0 Å². The van der Waals surface area contributed by atoms with Gasteiger partial charge in [-0.1, -0.05) is 20.8 Å². The Labute approximate surface area is 119 Å². The van der Waals surface area contributed by atoms with E-state index >= 15 is 0 Å². The highest BCUT2D eigenvalue weighted by Crippen LogP contribution is 2.42. The summed E-state index contributed by atoms with van der Waals surface area (Å²) < 4.78 is 5.55. The van der Waals surface area contributed by atoms with Crippen LogP contribution in [0.4, 0.5) is 0 Å². The van der Waals surface area contributed by atoms with Crippen molar-refractivity contribution in [2.75, 3.05) is 26.7 Å². The molecule has 0 aromatic carbocycles. The average molecular weight is 268 g/mol. The SMILES string of the molecule is CCCN1CCCC(NC2CC(OC)C2(C)C)CC1. The van der Waals surface area contributed by atoms with Crippen molar-refractivity contribution in [3.05, 3.63) is 0 Å². The molecule has 1 saturated heterocycles. The van der Waals surface area contributed by atoms with E-state index in [1.54, 1.807) is 0 Å². The second kappa shape index (κ2) is 6.55. The van der Waals surface area contributed by atoms with E-state index in [0.29, 0.717) is 23.6 Å². The maximum absolute atomic E-state index is 5.55. The molecular weight excluding hydrogens is 236 g/mol. The first kappa shape index (κ1) is 15.3. The molecule has 0 bridgehead atoms. The third kappa shape index (κ3) is 3.50. The minimum atomic E-state index is 0.296. The Hall–Kier alpha value is -0.120. The molecule has 112 valence electrons. The van der Waals surface area contributed by atoms with Crippen LogP contribution in [-0.4, -0.2) is 49.8 Å². The van der Waals surface area contributed by atoms with Gasteiger partial charge < -0.3 is 15.0 Å². The Kier molecular flexibility index (Phi) is 5.27. The summed E-state index contributed by atoms with van der Waals surface area (Å²) in [6.07, 6.45) is 6.89. The Balaban J connectivity index is 1.78. The lowest BCUT2D eigenvalue weighted by molar-refractivity contribution is -0.100. The highest BCUT2D eigenvalue weighted by atomic mass is 16.5. The van der Waals surface area contributed by atoms with Gasteiger partial charge in [-0.25, -0.2) is 0 Å². The van der Waals surface area contributed by atoms with Gasteiger partial charge >= 0.3 is 0 Å². The molecule has 0 amide bonds. The summed E-state index contributed by atoms with van der Waals surface area (Å²) in [5, 5.41) is 3.91. The number of nitrogens with zero attached hydrogens (tertiary/aromatic N) is 1. The van der Waals surface area contributed by atoms with E-state index in [1.807, 2.05) is 7.11 Å². The van der Waals surface area contributed by atoms with Gasteiger partial charge in [0.2, 0.25) is 0 Å². The van der Waals surface area contributed by atoms with Crippen molar-refractivity contribution >= 4 is 0 Å². The van der Waals surface area contributed by atoms with Gasteiger partial charge in [-0.05, 0) is 51.7 Å². The van der Waals surface area contributed by atoms with Gasteiger partial charge in [0.05, 0.1) is 6.10 Å². The van der Waals surface area contributed by atoms with Gasteiger partial charge in [0.25, 0.3) is 0 Å². The van der Waals surface area contributed by atoms with Crippen LogP contribution in [0, 0.1) is 5.41 Å². The Morgan fingerprint density at radius 1 is 1.26 bits per heavy atom. The van der Waals surface area contributed by atoms with Crippen LogP contribution in [0.5, 0.6) is 0 Å². The molecule has 3 nitrogen and oxygen atoms in total. The van der Waals surface area contributed by atoms with Crippen molar-refractivity contribution in [3.63, 3.8) is 0 Å². The van der Waals surface area contributed by atoms with Crippen LogP contribution in [0.3, 0.4) is 0 Å². The predicted molar refractivity (Wildman–Crippen MR) is 80.5 cm³/mol. The zero-order valence-corrected chi connectivity index (χ0v) is 13.2. The summed E-state index contributed by atoms with van der Waals surface area (Å²) in [7, 11) is 1.84. The van der Waals surface area contributed by atoms with Crippen molar-refractivity contribution in [1.82, 2.24) is 10.2 Å². The molecule has 1 aliphatic heterocycles. The number of hydrogen-bond acceptors (Lipinski definition) is 3. The average Bonchev–Trinajstić information content (AvgIpc) is 2.60. The normalized spacial score (nSPS) is 35.7. The van der Waals surface area contributed by atoms with Gasteiger partial charge in [-0.2, -0.15) is 0 Å². The lowest BCUT2D eigenvalue weighted by Gasteiger charge is -2.52. The molecule has 0 aromatic heterocycles. The predicted octanol–water partition coefficient (Wildman–Crippen LogP) is 2.65. The van der Waals surface area contributed by atoms with E-state index in [1.165, 1.54) is 51.7 Å². The Morgan fingerprint density at radius 2 is 2.05 bits per heavy atom. The summed E-state index contributed by atoms with van der Waals surface area (Å²) in [6, 6.07) is 1.35. The third-order valence-electron chi connectivity index (χ3n) is 5.26. The number of rotatable bonds is 5. The van der Waals surface area contributed by atoms with E-state index in [2.05, 4.69) is 31.0 Å². The zero-order valence-electron chi connectivity index (χ0n) is 13.2. The molecule has 2 rings (SSSR count). The summed E-state index contributed by atoms with van der Waals surface area (Å²) in [5.41, 5.74) is 0.296. The summed E-state index contributed by atoms with van der Waals surface area (Å²) in [6.45, 7) is 10.8. The van der Waals surface area contributed by atoms with Crippen molar-refractivity contribution in [1.29, 1.82) is 0 Å². The molecule has 1 heterocycles. The van der Waals surface area contributed by atoms with E-state index < -0.39 is 0 Å². The van der Waals surface area contributed by atoms with Crippen molar-refractivity contribution in [2.24, 2.45) is 5.41 Å². The topological polar surface area (TPSA) is 24.5 Å². The van der Waals surface area contributed by atoms with Gasteiger partial charge in [0, 0.05) is 24.6 Å². The third-order valence-corrected chi connectivity index (χ3v) is 5.26. The van der Waals surface area contributed by atoms with E-state index in [9.17, 15) is 0 Å². The van der Waals surface area contributed by atoms with Gasteiger partial charge in [-0.15, -0.1) is 0 Å². The van der Waals surface area contributed by atoms with Crippen LogP contribution in [0.15, 0.2) is 0 Å². The maximum Gasteiger partial charge on any atom is 0.0652 e. The molecule has 3 atom stereocenters. The lowest BCUT2D eigenvalue weighted by atomic mass is 9.64. The Bertz CT molecular complexity index is 280. The minimum Gasteiger partial charge on any atom is -0.381 e. The monoisotopic (exact) mass is 268 g/mol. The fraction of sp³-hybridized carbons (Fsp3) is 1.00. The van der Waals surface area contributed by atoms with Crippen LogP contribution in [0.1, 0.15) is 52.9 Å². The Morgan fingerprint density at radius 3 is 2.68 bits per heavy atom. The molecule has 2 fully saturated rings. The summed E-state index contributed by atoms with van der Waals surface area (Å²) in [4.78, 5) is 2.63. The summed E-state index contributed by atoms with van der Waals surface area (Å²) >= 11 is 0. The van der Waals surface area contributed by atoms with Crippen molar-refractivity contribution in [3.8, 4) is 0 Å². The standard InChI is InChI=1S/C16H32N2O/c1-5-9-18-10-6-7-13(8-11-18)17-14-12-15(19-4)16(14,2)3/h13-15,17H,5-12H2,1-4H3. The molecule has 19 heavy (non-hydrogen) atoms. The van der Waals surface area contributed by atoms with Gasteiger partial charge in [0.15, 0.2) is 0 Å². The number of methoxy groups -OCH3 is 1. The highest BCUT2D eigenvalue weighted by molar-refractivity contribution is 5.03. The quantitative estimate of drug-likeness (QED) is 0.829. The van der Waals surface area contributed by atoms with Crippen molar-refractivity contribution < 1.29 is 4.74 Å². The van der Waals surface area contributed by atoms with Crippen LogP contribution in [-0.2, 0) is 4.74 Å². The lowest BCUT2D eigenvalue weighted by Crippen LogP contribution is -2.62. The maximum atomic E-state index is 5.55. The first-order chi connectivity index (χ1) is 9.07. The number of hydrogen-bond donors (Lipinski definition) is 1. The largest absolute Gasteiger partial charge is 0.381 e. The van der Waals surface area contributed by atoms with Crippen LogP contribution >= 0.6 is 0 Å². The van der Waals surface area contributed by atoms with Crippen molar-refractivity contribution in [2.45, 2.75) is 71.1 Å². The highest BCUT2D eigenvalue weighted by Gasteiger charge is 2.48. The van der Waals surface area contributed by atoms with E-state index in [4.69, 9.17) is 4.74 Å². The molecule has 0 aromatic rings. The molecule has 3 heteroatoms. The molecule has 1 saturated carbocycles. The molecule has 2 aliphatic rings. The molecule has 1 N–H and O–H groups in total. The number of likely N-dealkylation sites (tertiary alicyclic amines) is 1. The van der Waals surface area contributed by atoms with Crippen LogP contribution < -0.4 is 5.32 Å². The molecule has 0 radical (unpaired) electrons. The molecule has 1 aliphatic carbocycles. The zero-order chi connectivity index (χ0) is 13.9. The molecular formula is C16H32N2O. The van der Waals surface area contributed by atoms with Gasteiger partial charge in [-0.3, -0.25) is 0 Å². The van der Waals surface area contributed by atoms with Gasteiger partial charge in [0.1, 0.15) is 0 Å². The fourth-order valence-corrected chi connectivity index (χ4v) is 3.72. The smallest absolute Gasteiger partial charge is 0.0652 e. The first-order valence-corrected chi connectivity index (χ1v) is 8.09. The second-order valence-electron chi connectivity index (χ2n) is 6.97. The molecule has 0 spiro atoms. The fourth-order valence-electron chi connectivity index (χ4n) is 3.72. The summed E-state index contributed by atoms with van der Waals surface area (Å²) in [5.74, 6) is 0. The number of ether oxygens (including phenoxy) is 1. The first-order valence-electron chi connectivity index (χ1n) is 8.09. The van der Waals surface area contributed by atoms with E-state index in [0.717, 1.165) is 0 Å². The molecule has 3 unspecified atom stereocenters. The second-order valence-corrected chi connectivity index (χ2v) is 6.97. The van der Waals surface area contributed by atoms with E-state index in [-0.39, 0.29) is 0 Å². The number of nitrogens with one attached hydrogen (secondary N) is 1.